The molecule has 0 radical (unpaired) electrons. The first-order valence-electron chi connectivity index (χ1n) is 5.59. The average Bonchev–Trinajstić information content (AvgIpc) is 2.79. The Bertz CT molecular complexity index is 507. The van der Waals surface area contributed by atoms with Crippen molar-refractivity contribution in [3.8, 4) is 5.69 Å². The molecular weight excluding hydrogens is 236 g/mol. The van der Waals surface area contributed by atoms with E-state index < -0.39 is 0 Å². The lowest BCUT2D eigenvalue weighted by molar-refractivity contribution is 0.705. The molecule has 1 N–H and O–H groups in total. The molecule has 0 saturated carbocycles. The van der Waals surface area contributed by atoms with Gasteiger partial charge in [0.2, 0.25) is 0 Å². The van der Waals surface area contributed by atoms with E-state index in [-0.39, 0.29) is 0 Å². The van der Waals surface area contributed by atoms with E-state index in [1.807, 2.05) is 31.3 Å². The van der Waals surface area contributed by atoms with Crippen molar-refractivity contribution >= 4 is 11.6 Å². The average molecular weight is 251 g/mol. The summed E-state index contributed by atoms with van der Waals surface area (Å²) in [7, 11) is 0. The number of benzene rings is 1. The van der Waals surface area contributed by atoms with E-state index in [0.29, 0.717) is 0 Å². The Morgan fingerprint density at radius 3 is 2.94 bits per heavy atom. The van der Waals surface area contributed by atoms with Crippen LogP contribution in [0.15, 0.2) is 24.4 Å². The van der Waals surface area contributed by atoms with Crippen molar-refractivity contribution in [3.63, 3.8) is 0 Å². The summed E-state index contributed by atoms with van der Waals surface area (Å²) in [4.78, 5) is 0. The molecule has 1 aromatic carbocycles. The third kappa shape index (κ3) is 2.84. The lowest BCUT2D eigenvalue weighted by Gasteiger charge is -2.02. The molecule has 0 bridgehead atoms. The molecule has 2 aromatic rings. The monoisotopic (exact) mass is 250 g/mol. The zero-order valence-electron chi connectivity index (χ0n) is 9.94. The van der Waals surface area contributed by atoms with Crippen molar-refractivity contribution in [2.75, 3.05) is 6.54 Å². The maximum absolute atomic E-state index is 6.08. The molecule has 0 unspecified atom stereocenters. The quantitative estimate of drug-likeness (QED) is 0.906. The first kappa shape index (κ1) is 12.1. The van der Waals surface area contributed by atoms with Gasteiger partial charge in [-0.15, -0.1) is 5.10 Å². The van der Waals surface area contributed by atoms with Gasteiger partial charge >= 0.3 is 0 Å². The predicted octanol–water partition coefficient (Wildman–Crippen LogP) is 2.34. The van der Waals surface area contributed by atoms with Gasteiger partial charge in [-0.2, -0.15) is 0 Å². The van der Waals surface area contributed by atoms with Crippen LogP contribution in [0.3, 0.4) is 0 Å². The van der Waals surface area contributed by atoms with E-state index in [1.165, 1.54) is 0 Å². The molecule has 1 aromatic heterocycles. The van der Waals surface area contributed by atoms with Gasteiger partial charge in [-0.05, 0) is 31.2 Å². The summed E-state index contributed by atoms with van der Waals surface area (Å²) >= 11 is 6.08. The van der Waals surface area contributed by atoms with Gasteiger partial charge in [0.15, 0.2) is 0 Å². The van der Waals surface area contributed by atoms with Gasteiger partial charge in [-0.3, -0.25) is 0 Å². The fourth-order valence-electron chi connectivity index (χ4n) is 1.48. The summed E-state index contributed by atoms with van der Waals surface area (Å²) in [6.45, 7) is 5.69. The van der Waals surface area contributed by atoms with Gasteiger partial charge < -0.3 is 5.32 Å². The van der Waals surface area contributed by atoms with Crippen molar-refractivity contribution in [3.05, 3.63) is 40.7 Å². The van der Waals surface area contributed by atoms with Crippen molar-refractivity contribution in [2.45, 2.75) is 20.4 Å². The minimum absolute atomic E-state index is 0.732. The smallest absolute Gasteiger partial charge is 0.0969 e. The SMILES string of the molecule is CCNCc1cn(-c2ccc(C)c(Cl)c2)nn1. The number of halogens is 1. The van der Waals surface area contributed by atoms with Crippen LogP contribution in [0.2, 0.25) is 5.02 Å². The van der Waals surface area contributed by atoms with Crippen LogP contribution in [-0.2, 0) is 6.54 Å². The minimum Gasteiger partial charge on any atom is -0.311 e. The van der Waals surface area contributed by atoms with Crippen LogP contribution >= 0.6 is 11.6 Å². The van der Waals surface area contributed by atoms with Crippen molar-refractivity contribution in [1.82, 2.24) is 20.3 Å². The van der Waals surface area contributed by atoms with Gasteiger partial charge in [0, 0.05) is 11.6 Å². The van der Waals surface area contributed by atoms with Gasteiger partial charge in [0.25, 0.3) is 0 Å². The molecule has 2 rings (SSSR count). The first-order valence-corrected chi connectivity index (χ1v) is 5.97. The molecule has 90 valence electrons. The molecule has 0 saturated heterocycles. The third-order valence-electron chi connectivity index (χ3n) is 2.52. The number of nitrogens with one attached hydrogen (secondary N) is 1. The highest BCUT2D eigenvalue weighted by Crippen LogP contribution is 2.18. The molecule has 4 nitrogen and oxygen atoms in total. The van der Waals surface area contributed by atoms with E-state index >= 15 is 0 Å². The van der Waals surface area contributed by atoms with E-state index in [9.17, 15) is 0 Å². The largest absolute Gasteiger partial charge is 0.311 e. The van der Waals surface area contributed by atoms with E-state index in [0.717, 1.165) is 35.1 Å². The van der Waals surface area contributed by atoms with Crippen molar-refractivity contribution in [1.29, 1.82) is 0 Å². The summed E-state index contributed by atoms with van der Waals surface area (Å²) in [5.74, 6) is 0. The minimum atomic E-state index is 0.732. The first-order chi connectivity index (χ1) is 8.20. The number of aryl methyl sites for hydroxylation is 1. The maximum atomic E-state index is 6.08. The standard InChI is InChI=1S/C12H15ClN4/c1-3-14-7-10-8-17(16-15-10)11-5-4-9(2)12(13)6-11/h4-6,8,14H,3,7H2,1-2H3. The Kier molecular flexibility index (Phi) is 3.76. The molecule has 1 heterocycles. The van der Waals surface area contributed by atoms with Crippen LogP contribution in [0.25, 0.3) is 5.69 Å². The normalized spacial score (nSPS) is 10.8. The van der Waals surface area contributed by atoms with Crippen LogP contribution in [0.1, 0.15) is 18.2 Å². The maximum Gasteiger partial charge on any atom is 0.0969 e. The Morgan fingerprint density at radius 1 is 1.41 bits per heavy atom. The fourth-order valence-corrected chi connectivity index (χ4v) is 1.66. The molecule has 5 heteroatoms. The van der Waals surface area contributed by atoms with Crippen LogP contribution in [0.4, 0.5) is 0 Å². The van der Waals surface area contributed by atoms with Crippen LogP contribution < -0.4 is 5.32 Å². The zero-order valence-corrected chi connectivity index (χ0v) is 10.7. The second-order valence-corrected chi connectivity index (χ2v) is 4.28. The fraction of sp³-hybridized carbons (Fsp3) is 0.333. The van der Waals surface area contributed by atoms with Crippen LogP contribution in [0.5, 0.6) is 0 Å². The number of nitrogens with zero attached hydrogens (tertiary/aromatic N) is 3. The number of hydrogen-bond donors (Lipinski definition) is 1. The Hall–Kier alpha value is -1.39. The van der Waals surface area contributed by atoms with Gasteiger partial charge in [0.05, 0.1) is 17.6 Å². The highest BCUT2D eigenvalue weighted by atomic mass is 35.5. The Balaban J connectivity index is 2.21. The molecule has 17 heavy (non-hydrogen) atoms. The summed E-state index contributed by atoms with van der Waals surface area (Å²) in [6, 6.07) is 5.85. The Morgan fingerprint density at radius 2 is 2.24 bits per heavy atom. The highest BCUT2D eigenvalue weighted by Gasteiger charge is 2.04. The van der Waals surface area contributed by atoms with Crippen molar-refractivity contribution in [2.24, 2.45) is 0 Å². The molecule has 0 aliphatic rings. The van der Waals surface area contributed by atoms with E-state index in [4.69, 9.17) is 11.6 Å². The second kappa shape index (κ2) is 5.29. The lowest BCUT2D eigenvalue weighted by atomic mass is 10.2. The predicted molar refractivity (Wildman–Crippen MR) is 68.5 cm³/mol. The van der Waals surface area contributed by atoms with Crippen LogP contribution in [-0.4, -0.2) is 21.5 Å². The lowest BCUT2D eigenvalue weighted by Crippen LogP contribution is -2.11. The summed E-state index contributed by atoms with van der Waals surface area (Å²) in [5, 5.41) is 12.1. The summed E-state index contributed by atoms with van der Waals surface area (Å²) in [6.07, 6.45) is 1.91. The van der Waals surface area contributed by atoms with Gasteiger partial charge in [-0.1, -0.05) is 29.8 Å². The number of aromatic nitrogens is 3. The molecule has 0 amide bonds. The summed E-state index contributed by atoms with van der Waals surface area (Å²) < 4.78 is 1.73. The zero-order chi connectivity index (χ0) is 12.3. The summed E-state index contributed by atoms with van der Waals surface area (Å²) in [5.41, 5.74) is 2.91. The molecule has 0 atom stereocenters. The second-order valence-electron chi connectivity index (χ2n) is 3.87. The molecular formula is C12H15ClN4. The molecule has 0 aliphatic carbocycles. The topological polar surface area (TPSA) is 42.7 Å². The number of hydrogen-bond acceptors (Lipinski definition) is 3. The molecule has 0 aliphatic heterocycles. The highest BCUT2D eigenvalue weighted by molar-refractivity contribution is 6.31. The molecule has 0 fully saturated rings. The third-order valence-corrected chi connectivity index (χ3v) is 2.92. The number of rotatable bonds is 4. The molecule has 0 spiro atoms. The Labute approximate surface area is 106 Å². The van der Waals surface area contributed by atoms with E-state index in [1.54, 1.807) is 4.68 Å². The van der Waals surface area contributed by atoms with E-state index in [2.05, 4.69) is 22.6 Å². The van der Waals surface area contributed by atoms with Gasteiger partial charge in [0.1, 0.15) is 0 Å². The van der Waals surface area contributed by atoms with Gasteiger partial charge in [-0.25, -0.2) is 4.68 Å². The van der Waals surface area contributed by atoms with Crippen molar-refractivity contribution < 1.29 is 0 Å². The van der Waals surface area contributed by atoms with Crippen LogP contribution in [0, 0.1) is 6.92 Å².